The lowest BCUT2D eigenvalue weighted by molar-refractivity contribution is -0.141. The number of hydrogen-bond donors (Lipinski definition) is 1. The Balaban J connectivity index is 2.85. The summed E-state index contributed by atoms with van der Waals surface area (Å²) in [4.78, 5) is 13.1. The number of carbonyl (C=O) groups is 1. The van der Waals surface area contributed by atoms with Crippen LogP contribution in [0.25, 0.3) is 0 Å². The largest absolute Gasteiger partial charge is 0.465 e. The second kappa shape index (κ2) is 6.09. The first-order chi connectivity index (χ1) is 8.06. The summed E-state index contributed by atoms with van der Waals surface area (Å²) in [5.41, 5.74) is 6.15. The minimum Gasteiger partial charge on any atom is -0.465 e. The van der Waals surface area contributed by atoms with Crippen molar-refractivity contribution in [2.24, 2.45) is 5.73 Å². The lowest BCUT2D eigenvalue weighted by atomic mass is 10.2. The summed E-state index contributed by atoms with van der Waals surface area (Å²) in [6.07, 6.45) is 1.50. The van der Waals surface area contributed by atoms with Gasteiger partial charge in [0.05, 0.1) is 18.4 Å². The lowest BCUT2D eigenvalue weighted by Gasteiger charge is -2.18. The van der Waals surface area contributed by atoms with E-state index >= 15 is 0 Å². The Morgan fingerprint density at radius 2 is 2.35 bits per heavy atom. The van der Waals surface area contributed by atoms with Gasteiger partial charge in [-0.05, 0) is 13.0 Å². The molecular formula is C10H14N4O2S. The number of nitrogens with two attached hydrogens (primary N) is 1. The maximum absolute atomic E-state index is 11.3. The summed E-state index contributed by atoms with van der Waals surface area (Å²) in [5, 5.41) is 7.66. The van der Waals surface area contributed by atoms with E-state index in [-0.39, 0.29) is 17.5 Å². The fraction of sp³-hybridized carbons (Fsp3) is 0.400. The van der Waals surface area contributed by atoms with Crippen molar-refractivity contribution in [3.8, 4) is 0 Å². The molecule has 1 aromatic heterocycles. The van der Waals surface area contributed by atoms with Crippen LogP contribution >= 0.6 is 12.2 Å². The Morgan fingerprint density at radius 3 is 2.94 bits per heavy atom. The predicted octanol–water partition coefficient (Wildman–Crippen LogP) is 0.110. The molecule has 17 heavy (non-hydrogen) atoms. The van der Waals surface area contributed by atoms with Crippen molar-refractivity contribution in [1.82, 2.24) is 10.2 Å². The molecule has 0 aliphatic heterocycles. The van der Waals surface area contributed by atoms with Crippen LogP contribution in [-0.4, -0.2) is 41.4 Å². The maximum atomic E-state index is 11.3. The molecule has 1 rings (SSSR count). The van der Waals surface area contributed by atoms with Crippen LogP contribution in [0.4, 0.5) is 5.82 Å². The fourth-order valence-corrected chi connectivity index (χ4v) is 1.43. The van der Waals surface area contributed by atoms with Gasteiger partial charge in [-0.3, -0.25) is 4.79 Å². The van der Waals surface area contributed by atoms with Crippen molar-refractivity contribution in [3.63, 3.8) is 0 Å². The Labute approximate surface area is 105 Å². The monoisotopic (exact) mass is 254 g/mol. The first kappa shape index (κ1) is 13.3. The van der Waals surface area contributed by atoms with Gasteiger partial charge in [-0.15, -0.1) is 5.10 Å². The molecule has 0 unspecified atom stereocenters. The summed E-state index contributed by atoms with van der Waals surface area (Å²) in [6.45, 7) is 2.16. The van der Waals surface area contributed by atoms with E-state index in [1.165, 1.54) is 6.20 Å². The standard InChI is InChI=1S/C10H14N4O2S/c1-3-16-8(15)6-14(2)10-7(9(11)17)4-5-12-13-10/h4-5H,3,6H2,1-2H3,(H2,11,17). The van der Waals surface area contributed by atoms with Crippen molar-refractivity contribution in [3.05, 3.63) is 17.8 Å². The van der Waals surface area contributed by atoms with E-state index in [9.17, 15) is 4.79 Å². The molecule has 0 amide bonds. The third kappa shape index (κ3) is 3.63. The van der Waals surface area contributed by atoms with Gasteiger partial charge in [0, 0.05) is 7.05 Å². The van der Waals surface area contributed by atoms with Crippen molar-refractivity contribution in [2.75, 3.05) is 25.1 Å². The maximum Gasteiger partial charge on any atom is 0.325 e. The van der Waals surface area contributed by atoms with Crippen LogP contribution in [0.2, 0.25) is 0 Å². The second-order valence-corrected chi connectivity index (χ2v) is 3.73. The van der Waals surface area contributed by atoms with Crippen LogP contribution in [0.1, 0.15) is 12.5 Å². The molecule has 0 bridgehead atoms. The molecule has 0 aliphatic rings. The minimum absolute atomic E-state index is 0.0716. The molecule has 0 saturated heterocycles. The third-order valence-electron chi connectivity index (χ3n) is 2.00. The number of likely N-dealkylation sites (N-methyl/N-ethyl adjacent to an activating group) is 1. The molecule has 0 radical (unpaired) electrons. The third-order valence-corrected chi connectivity index (χ3v) is 2.22. The van der Waals surface area contributed by atoms with E-state index < -0.39 is 0 Å². The molecule has 0 aliphatic carbocycles. The van der Waals surface area contributed by atoms with Crippen molar-refractivity contribution in [1.29, 1.82) is 0 Å². The van der Waals surface area contributed by atoms with Crippen molar-refractivity contribution in [2.45, 2.75) is 6.92 Å². The molecule has 0 fully saturated rings. The van der Waals surface area contributed by atoms with Gasteiger partial charge >= 0.3 is 5.97 Å². The number of anilines is 1. The lowest BCUT2D eigenvalue weighted by Crippen LogP contribution is -2.30. The van der Waals surface area contributed by atoms with Gasteiger partial charge in [-0.1, -0.05) is 12.2 Å². The topological polar surface area (TPSA) is 81.3 Å². The summed E-state index contributed by atoms with van der Waals surface area (Å²) in [5.74, 6) is 0.127. The van der Waals surface area contributed by atoms with E-state index in [0.717, 1.165) is 0 Å². The smallest absolute Gasteiger partial charge is 0.325 e. The number of carbonyl (C=O) groups excluding carboxylic acids is 1. The molecule has 2 N–H and O–H groups in total. The Hall–Kier alpha value is -1.76. The minimum atomic E-state index is -0.338. The van der Waals surface area contributed by atoms with Crippen LogP contribution in [-0.2, 0) is 9.53 Å². The van der Waals surface area contributed by atoms with Gasteiger partial charge in [-0.2, -0.15) is 5.10 Å². The van der Waals surface area contributed by atoms with E-state index in [1.54, 1.807) is 24.9 Å². The number of thiocarbonyl (C=S) groups is 1. The average Bonchev–Trinajstić information content (AvgIpc) is 2.29. The summed E-state index contributed by atoms with van der Waals surface area (Å²) >= 11 is 4.90. The molecule has 92 valence electrons. The molecule has 0 aromatic carbocycles. The Bertz CT molecular complexity index is 425. The molecule has 0 atom stereocenters. The Morgan fingerprint density at radius 1 is 1.65 bits per heavy atom. The molecule has 6 nitrogen and oxygen atoms in total. The number of hydrogen-bond acceptors (Lipinski definition) is 6. The van der Waals surface area contributed by atoms with E-state index in [0.29, 0.717) is 18.0 Å². The van der Waals surface area contributed by atoms with Gasteiger partial charge in [0.2, 0.25) is 0 Å². The van der Waals surface area contributed by atoms with Crippen LogP contribution in [0.15, 0.2) is 12.3 Å². The highest BCUT2D eigenvalue weighted by molar-refractivity contribution is 7.80. The van der Waals surface area contributed by atoms with Crippen molar-refractivity contribution < 1.29 is 9.53 Å². The highest BCUT2D eigenvalue weighted by atomic mass is 32.1. The zero-order chi connectivity index (χ0) is 12.8. The zero-order valence-corrected chi connectivity index (χ0v) is 10.5. The first-order valence-corrected chi connectivity index (χ1v) is 5.45. The number of nitrogens with zero attached hydrogens (tertiary/aromatic N) is 3. The number of aromatic nitrogens is 2. The zero-order valence-electron chi connectivity index (χ0n) is 9.71. The predicted molar refractivity (Wildman–Crippen MR) is 67.8 cm³/mol. The number of esters is 1. The van der Waals surface area contributed by atoms with Gasteiger partial charge < -0.3 is 15.4 Å². The van der Waals surface area contributed by atoms with Gasteiger partial charge in [0.15, 0.2) is 5.82 Å². The normalized spacial score (nSPS) is 9.76. The molecule has 0 saturated carbocycles. The summed E-state index contributed by atoms with van der Waals surface area (Å²) in [7, 11) is 1.70. The Kier molecular flexibility index (Phi) is 4.77. The fourth-order valence-electron chi connectivity index (χ4n) is 1.27. The van der Waals surface area contributed by atoms with Crippen molar-refractivity contribution >= 4 is 29.0 Å². The van der Waals surface area contributed by atoms with Gasteiger partial charge in [-0.25, -0.2) is 0 Å². The molecule has 1 aromatic rings. The van der Waals surface area contributed by atoms with Crippen LogP contribution in [0, 0.1) is 0 Å². The van der Waals surface area contributed by atoms with Crippen LogP contribution < -0.4 is 10.6 Å². The molecule has 1 heterocycles. The van der Waals surface area contributed by atoms with Crippen LogP contribution in [0.3, 0.4) is 0 Å². The number of ether oxygens (including phenoxy) is 1. The summed E-state index contributed by atoms with van der Waals surface area (Å²) in [6, 6.07) is 1.66. The highest BCUT2D eigenvalue weighted by Crippen LogP contribution is 2.14. The average molecular weight is 254 g/mol. The van der Waals surface area contributed by atoms with Gasteiger partial charge in [0.1, 0.15) is 11.5 Å². The van der Waals surface area contributed by atoms with Crippen LogP contribution in [0.5, 0.6) is 0 Å². The van der Waals surface area contributed by atoms with Gasteiger partial charge in [0.25, 0.3) is 0 Å². The summed E-state index contributed by atoms with van der Waals surface area (Å²) < 4.78 is 4.84. The molecule has 7 heteroatoms. The van der Waals surface area contributed by atoms with E-state index in [2.05, 4.69) is 10.2 Å². The quantitative estimate of drug-likeness (QED) is 0.590. The number of rotatable bonds is 5. The SMILES string of the molecule is CCOC(=O)CN(C)c1nnccc1C(N)=S. The van der Waals surface area contributed by atoms with E-state index in [1.807, 2.05) is 0 Å². The highest BCUT2D eigenvalue weighted by Gasteiger charge is 2.14. The molecule has 0 spiro atoms. The first-order valence-electron chi connectivity index (χ1n) is 5.04. The molecular weight excluding hydrogens is 240 g/mol. The van der Waals surface area contributed by atoms with E-state index in [4.69, 9.17) is 22.7 Å². The second-order valence-electron chi connectivity index (χ2n) is 3.29.